The Morgan fingerprint density at radius 1 is 0.467 bits per heavy atom. The second-order valence-corrected chi connectivity index (χ2v) is 33.9. The molecule has 1 amide bonds. The quantitative estimate of drug-likeness (QED) is 0.0418. The topological polar surface area (TPSA) is 219 Å². The van der Waals surface area contributed by atoms with Gasteiger partial charge in [0, 0.05) is 120 Å². The summed E-state index contributed by atoms with van der Waals surface area (Å²) in [5, 5.41) is 44.4. The van der Waals surface area contributed by atoms with Crippen LogP contribution in [0.3, 0.4) is 0 Å². The Hall–Kier alpha value is -6.29. The number of amides is 1. The van der Waals surface area contributed by atoms with Gasteiger partial charge >= 0.3 is 0 Å². The average Bonchev–Trinajstić information content (AvgIpc) is 1.63. The average molecular weight is 1440 g/mol. The normalized spacial score (nSPS) is 26.8. The first-order valence-corrected chi connectivity index (χ1v) is 42.2. The fraction of sp³-hybridized carbons (Fsp3) is 0.706. The molecule has 0 radical (unpaired) electrons. The van der Waals surface area contributed by atoms with Crippen molar-refractivity contribution in [2.75, 3.05) is 75.4 Å². The molecule has 0 unspecified atom stereocenters. The number of piperidine rings is 4. The van der Waals surface area contributed by atoms with Crippen LogP contribution in [0.5, 0.6) is 0 Å². The van der Waals surface area contributed by atoms with Crippen LogP contribution >= 0.6 is 0 Å². The van der Waals surface area contributed by atoms with Gasteiger partial charge in [0.25, 0.3) is 5.91 Å². The SMILES string of the molecule is CCC[C@H](C)Nc1ncc2c(C3CCN(C4CCCCC4)CC3)cn(C3CCC(O)CC3)c2n1.CCC[C@H](C)Nc1ncc2c(C3CCN(C4CCN(C)CC4)CC3)cn(C3CCC(O)CC3)c2n1.CC[C@@H]1C[C@H]1Nc1ncc2c(C3CCN(C(=O)c4ccccc4)CC3)cn(C3CCC(O)CC3)c2n1. The number of carbonyl (C=O) groups excluding carboxylic acids is 1. The van der Waals surface area contributed by atoms with E-state index in [-0.39, 0.29) is 24.2 Å². The molecular weight excluding hydrogens is 1310 g/mol. The number of nitrogens with zero attached hydrogens (tertiary/aromatic N) is 13. The third-order valence-electron chi connectivity index (χ3n) is 26.4. The molecule has 105 heavy (non-hydrogen) atoms. The van der Waals surface area contributed by atoms with Crippen LogP contribution < -0.4 is 16.0 Å². The number of likely N-dealkylation sites (tertiary alicyclic amines) is 4. The molecule has 7 aromatic rings. The van der Waals surface area contributed by atoms with Gasteiger partial charge in [-0.05, 0) is 273 Å². The van der Waals surface area contributed by atoms with Crippen LogP contribution in [0.25, 0.3) is 33.1 Å². The number of nitrogens with one attached hydrogen (secondary N) is 3. The lowest BCUT2D eigenvalue weighted by Crippen LogP contribution is -2.46. The summed E-state index contributed by atoms with van der Waals surface area (Å²) < 4.78 is 7.26. The van der Waals surface area contributed by atoms with Crippen molar-refractivity contribution in [3.63, 3.8) is 0 Å². The summed E-state index contributed by atoms with van der Waals surface area (Å²) >= 11 is 0. The van der Waals surface area contributed by atoms with Gasteiger partial charge in [-0.2, -0.15) is 15.0 Å². The fourth-order valence-corrected chi connectivity index (χ4v) is 19.8. The molecule has 9 aliphatic rings. The number of fused-ring (bicyclic) bond motifs is 3. The Morgan fingerprint density at radius 3 is 1.26 bits per heavy atom. The monoisotopic (exact) mass is 1440 g/mol. The summed E-state index contributed by atoms with van der Waals surface area (Å²) in [5.41, 5.74) is 8.17. The molecule has 20 heteroatoms. The van der Waals surface area contributed by atoms with Crippen LogP contribution in [0.1, 0.15) is 297 Å². The lowest BCUT2D eigenvalue weighted by Gasteiger charge is -2.41. The third-order valence-corrected chi connectivity index (χ3v) is 26.4. The number of aromatic nitrogens is 9. The van der Waals surface area contributed by atoms with E-state index in [0.717, 1.165) is 192 Å². The number of carbonyl (C=O) groups is 1. The van der Waals surface area contributed by atoms with E-state index < -0.39 is 0 Å². The Bertz CT molecular complexity index is 3870. The molecule has 1 aromatic carbocycles. The summed E-state index contributed by atoms with van der Waals surface area (Å²) in [4.78, 5) is 52.3. The van der Waals surface area contributed by atoms with Crippen molar-refractivity contribution in [2.45, 2.75) is 318 Å². The molecule has 5 aliphatic carbocycles. The van der Waals surface area contributed by atoms with E-state index in [0.29, 0.717) is 54.0 Å². The summed E-state index contributed by atoms with van der Waals surface area (Å²) in [7, 11) is 2.25. The predicted molar refractivity (Wildman–Crippen MR) is 424 cm³/mol. The van der Waals surface area contributed by atoms with Gasteiger partial charge in [-0.25, -0.2) is 15.0 Å². The van der Waals surface area contributed by atoms with Crippen LogP contribution in [0.2, 0.25) is 0 Å². The molecule has 16 rings (SSSR count). The molecule has 572 valence electrons. The molecule has 5 saturated carbocycles. The second-order valence-electron chi connectivity index (χ2n) is 33.9. The first kappa shape index (κ1) is 75.5. The second kappa shape index (κ2) is 35.4. The van der Waals surface area contributed by atoms with Crippen molar-refractivity contribution in [3.05, 3.63) is 89.8 Å². The van der Waals surface area contributed by atoms with Crippen molar-refractivity contribution in [2.24, 2.45) is 5.92 Å². The largest absolute Gasteiger partial charge is 0.393 e. The maximum atomic E-state index is 12.9. The van der Waals surface area contributed by atoms with Gasteiger partial charge in [0.2, 0.25) is 17.8 Å². The van der Waals surface area contributed by atoms with Gasteiger partial charge in [-0.1, -0.05) is 77.5 Å². The standard InChI is InChI=1S/C29H37N5O2.C28H46N6O.C28H45N5O/c1-2-19-16-26(19)31-29-30-17-24-25(18-34(27(24)32-29)22-8-10-23(35)11-9-22)20-12-14-33(15-13-20)28(36)21-6-4-3-5-7-21;1-4-5-20(2)30-28-29-18-25-26(19-34(27(25)31-28)23-6-8-24(35)9-7-23)21-10-16-33(17-11-21)22-12-14-32(3)15-13-22;1-3-7-20(2)30-28-29-18-25-26(19-33(27(25)31-28)23-10-12-24(34)13-11-23)21-14-16-32(17-15-21)22-8-5-4-6-9-22/h3-7,17-20,22-23,26,35H,2,8-16H2,1H3,(H,30,31,32);18-24,35H,4-17H2,1-3H3,(H,29,30,31);18-24,34H,3-17H2,1-2H3,(H,29,30,31)/t19-,22?,23?,26-;2*20-,23?,24?/m100/s1. The minimum absolute atomic E-state index is 0.127. The van der Waals surface area contributed by atoms with Crippen LogP contribution in [0.4, 0.5) is 17.8 Å². The summed E-state index contributed by atoms with van der Waals surface area (Å²) in [6.07, 6.45) is 47.6. The number of aliphatic hydroxyl groups excluding tert-OH is 3. The van der Waals surface area contributed by atoms with Crippen molar-refractivity contribution in [1.82, 2.24) is 63.2 Å². The van der Waals surface area contributed by atoms with Crippen LogP contribution in [0, 0.1) is 5.92 Å². The van der Waals surface area contributed by atoms with Gasteiger partial charge in [0.15, 0.2) is 0 Å². The first-order valence-electron chi connectivity index (χ1n) is 42.2. The molecule has 4 atom stereocenters. The zero-order chi connectivity index (χ0) is 72.5. The van der Waals surface area contributed by atoms with E-state index in [9.17, 15) is 20.1 Å². The first-order chi connectivity index (χ1) is 51.2. The van der Waals surface area contributed by atoms with Crippen LogP contribution in [0.15, 0.2) is 67.5 Å². The number of rotatable bonds is 20. The number of anilines is 3. The predicted octanol–water partition coefficient (Wildman–Crippen LogP) is 15.9. The van der Waals surface area contributed by atoms with Crippen LogP contribution in [-0.4, -0.2) is 192 Å². The molecule has 10 heterocycles. The third kappa shape index (κ3) is 18.4. The van der Waals surface area contributed by atoms with E-state index in [2.05, 4.69) is 117 Å². The molecular formula is C85H128N16O4. The van der Waals surface area contributed by atoms with Gasteiger partial charge in [0.05, 0.1) is 18.3 Å². The lowest BCUT2D eigenvalue weighted by atomic mass is 9.87. The highest BCUT2D eigenvalue weighted by Gasteiger charge is 2.38. The highest BCUT2D eigenvalue weighted by Crippen LogP contribution is 2.44. The van der Waals surface area contributed by atoms with E-state index >= 15 is 0 Å². The number of hydrogen-bond donors (Lipinski definition) is 6. The minimum Gasteiger partial charge on any atom is -0.393 e. The van der Waals surface area contributed by atoms with Gasteiger partial charge in [-0.15, -0.1) is 0 Å². The maximum Gasteiger partial charge on any atom is 0.253 e. The molecule has 0 bridgehead atoms. The highest BCUT2D eigenvalue weighted by atomic mass is 16.3. The summed E-state index contributed by atoms with van der Waals surface area (Å²) in [6, 6.07) is 13.6. The Kier molecular flexibility index (Phi) is 25.4. The molecule has 0 spiro atoms. The van der Waals surface area contributed by atoms with E-state index in [1.807, 2.05) is 41.4 Å². The number of aliphatic hydroxyl groups is 3. The van der Waals surface area contributed by atoms with Gasteiger partial charge in [0.1, 0.15) is 16.9 Å². The van der Waals surface area contributed by atoms with Crippen LogP contribution in [-0.2, 0) is 0 Å². The van der Waals surface area contributed by atoms with E-state index in [1.54, 1.807) is 0 Å². The fourth-order valence-electron chi connectivity index (χ4n) is 19.8. The maximum absolute atomic E-state index is 12.9. The lowest BCUT2D eigenvalue weighted by molar-refractivity contribution is 0.0713. The zero-order valence-electron chi connectivity index (χ0n) is 64.7. The minimum atomic E-state index is -0.179. The van der Waals surface area contributed by atoms with E-state index in [1.165, 1.54) is 150 Å². The Labute approximate surface area is 626 Å². The van der Waals surface area contributed by atoms with Gasteiger partial charge < -0.3 is 64.6 Å². The smallest absolute Gasteiger partial charge is 0.253 e. The van der Waals surface area contributed by atoms with Crippen molar-refractivity contribution < 1.29 is 20.1 Å². The Balaban J connectivity index is 0.000000133. The molecule has 20 nitrogen and oxygen atoms in total. The molecule has 6 aromatic heterocycles. The highest BCUT2D eigenvalue weighted by molar-refractivity contribution is 5.94. The van der Waals surface area contributed by atoms with Crippen molar-refractivity contribution >= 4 is 56.9 Å². The molecule has 6 N–H and O–H groups in total. The molecule has 4 saturated heterocycles. The molecule has 4 aliphatic heterocycles. The number of benzene rings is 1. The Morgan fingerprint density at radius 2 is 0.857 bits per heavy atom. The van der Waals surface area contributed by atoms with E-state index in [4.69, 9.17) is 29.9 Å². The number of hydrogen-bond acceptors (Lipinski definition) is 16. The zero-order valence-corrected chi connectivity index (χ0v) is 64.7. The van der Waals surface area contributed by atoms with Crippen molar-refractivity contribution in [3.8, 4) is 0 Å². The summed E-state index contributed by atoms with van der Waals surface area (Å²) in [5.74, 6) is 4.65. The molecule has 9 fully saturated rings. The summed E-state index contributed by atoms with van der Waals surface area (Å²) in [6.45, 7) is 20.0. The van der Waals surface area contributed by atoms with Gasteiger partial charge in [-0.3, -0.25) is 4.79 Å². The van der Waals surface area contributed by atoms with Crippen molar-refractivity contribution in [1.29, 1.82) is 0 Å².